The Hall–Kier alpha value is -0.530. The van der Waals surface area contributed by atoms with E-state index in [1.165, 1.54) is 57.8 Å². The monoisotopic (exact) mass is 275 g/mol. The molecule has 112 valence electrons. The van der Waals surface area contributed by atoms with Crippen LogP contribution in [0.4, 0.5) is 0 Å². The van der Waals surface area contributed by atoms with Gasteiger partial charge in [0.2, 0.25) is 5.91 Å². The average molecular weight is 275 g/mol. The quantitative estimate of drug-likeness (QED) is 0.714. The van der Waals surface area contributed by atoms with Crippen LogP contribution in [0.1, 0.15) is 71.1 Å². The van der Waals surface area contributed by atoms with Crippen molar-refractivity contribution in [1.29, 1.82) is 0 Å². The molecule has 0 bridgehead atoms. The van der Waals surface area contributed by atoms with Crippen molar-refractivity contribution >= 4 is 5.91 Å². The van der Waals surface area contributed by atoms with Gasteiger partial charge in [0.25, 0.3) is 0 Å². The summed E-state index contributed by atoms with van der Waals surface area (Å²) in [6, 6.07) is 0.515. The zero-order valence-electron chi connectivity index (χ0n) is 12.9. The third kappa shape index (κ3) is 1.86. The number of fused-ring (bicyclic) bond motifs is 5. The van der Waals surface area contributed by atoms with Crippen molar-refractivity contribution in [2.24, 2.45) is 29.1 Å². The molecule has 4 aliphatic rings. The lowest BCUT2D eigenvalue weighted by atomic mass is 9.47. The SMILES string of the molecule is C[C@@]12CCCC[C@H]1CC[C@@H]1[C@H]3CCC(=O)N[C@@H]3CC[C@H]12. The minimum absolute atomic E-state index is 0.308. The van der Waals surface area contributed by atoms with Gasteiger partial charge in [0.1, 0.15) is 0 Å². The predicted molar refractivity (Wildman–Crippen MR) is 80.2 cm³/mol. The molecule has 0 aromatic carbocycles. The van der Waals surface area contributed by atoms with Crippen molar-refractivity contribution < 1.29 is 4.79 Å². The van der Waals surface area contributed by atoms with E-state index in [1.807, 2.05) is 0 Å². The van der Waals surface area contributed by atoms with Crippen LogP contribution in [0, 0.1) is 29.1 Å². The van der Waals surface area contributed by atoms with E-state index in [0.29, 0.717) is 17.4 Å². The van der Waals surface area contributed by atoms with Crippen LogP contribution in [-0.2, 0) is 4.79 Å². The van der Waals surface area contributed by atoms with Crippen LogP contribution < -0.4 is 5.32 Å². The van der Waals surface area contributed by atoms with E-state index in [2.05, 4.69) is 12.2 Å². The van der Waals surface area contributed by atoms with E-state index in [9.17, 15) is 4.79 Å². The fourth-order valence-corrected chi connectivity index (χ4v) is 6.58. The first-order valence-electron chi connectivity index (χ1n) is 8.98. The molecule has 2 nitrogen and oxygen atoms in total. The molecule has 4 rings (SSSR count). The normalized spacial score (nSPS) is 51.5. The third-order valence-corrected chi connectivity index (χ3v) is 7.57. The lowest BCUT2D eigenvalue weighted by Crippen LogP contribution is -2.57. The molecule has 20 heavy (non-hydrogen) atoms. The molecule has 1 amide bonds. The molecule has 0 unspecified atom stereocenters. The van der Waals surface area contributed by atoms with E-state index in [1.54, 1.807) is 0 Å². The third-order valence-electron chi connectivity index (χ3n) is 7.57. The van der Waals surface area contributed by atoms with Gasteiger partial charge in [-0.05, 0) is 74.0 Å². The molecule has 0 spiro atoms. The second-order valence-electron chi connectivity index (χ2n) is 8.25. The van der Waals surface area contributed by atoms with E-state index in [4.69, 9.17) is 0 Å². The Bertz CT molecular complexity index is 406. The molecule has 2 heteroatoms. The van der Waals surface area contributed by atoms with Gasteiger partial charge in [-0.25, -0.2) is 0 Å². The number of rotatable bonds is 0. The van der Waals surface area contributed by atoms with E-state index >= 15 is 0 Å². The molecule has 3 saturated carbocycles. The molecule has 3 aliphatic carbocycles. The number of nitrogens with one attached hydrogen (secondary N) is 1. The maximum absolute atomic E-state index is 11.7. The summed E-state index contributed by atoms with van der Waals surface area (Å²) in [5.41, 5.74) is 0.633. The summed E-state index contributed by atoms with van der Waals surface area (Å²) < 4.78 is 0. The van der Waals surface area contributed by atoms with Gasteiger partial charge in [0.05, 0.1) is 0 Å². The summed E-state index contributed by atoms with van der Waals surface area (Å²) in [6.07, 6.45) is 13.4. The fourth-order valence-electron chi connectivity index (χ4n) is 6.58. The first kappa shape index (κ1) is 13.2. The Balaban J connectivity index is 1.59. The molecule has 0 radical (unpaired) electrons. The van der Waals surface area contributed by atoms with Crippen LogP contribution in [0.5, 0.6) is 0 Å². The molecular formula is C18H29NO. The Morgan fingerprint density at radius 2 is 1.90 bits per heavy atom. The first-order valence-corrected chi connectivity index (χ1v) is 8.98. The minimum Gasteiger partial charge on any atom is -0.353 e. The molecule has 1 aliphatic heterocycles. The molecule has 1 heterocycles. The van der Waals surface area contributed by atoms with Crippen molar-refractivity contribution in [1.82, 2.24) is 5.32 Å². The Morgan fingerprint density at radius 1 is 1.00 bits per heavy atom. The Kier molecular flexibility index (Phi) is 3.12. The second kappa shape index (κ2) is 4.74. The van der Waals surface area contributed by atoms with Crippen molar-refractivity contribution in [2.75, 3.05) is 0 Å². The second-order valence-corrected chi connectivity index (χ2v) is 8.25. The molecule has 0 aromatic rings. The lowest BCUT2D eigenvalue weighted by molar-refractivity contribution is -0.130. The molecule has 1 N–H and O–H groups in total. The number of carbonyl (C=O) groups is 1. The highest BCUT2D eigenvalue weighted by molar-refractivity contribution is 5.77. The minimum atomic E-state index is 0.308. The van der Waals surface area contributed by atoms with Gasteiger partial charge in [0, 0.05) is 12.5 Å². The highest BCUT2D eigenvalue weighted by Gasteiger charge is 2.53. The molecule has 0 aromatic heterocycles. The number of hydrogen-bond donors (Lipinski definition) is 1. The van der Waals surface area contributed by atoms with Crippen LogP contribution in [0.25, 0.3) is 0 Å². The van der Waals surface area contributed by atoms with Crippen LogP contribution in [0.2, 0.25) is 0 Å². The van der Waals surface area contributed by atoms with Gasteiger partial charge in [-0.1, -0.05) is 19.8 Å². The maximum Gasteiger partial charge on any atom is 0.220 e. The summed E-state index contributed by atoms with van der Waals surface area (Å²) in [6.45, 7) is 2.62. The van der Waals surface area contributed by atoms with Gasteiger partial charge in [-0.3, -0.25) is 4.79 Å². The lowest BCUT2D eigenvalue weighted by Gasteiger charge is -2.59. The van der Waals surface area contributed by atoms with Crippen LogP contribution in [0.15, 0.2) is 0 Å². The van der Waals surface area contributed by atoms with Gasteiger partial charge < -0.3 is 5.32 Å². The van der Waals surface area contributed by atoms with E-state index in [0.717, 1.165) is 30.1 Å². The molecular weight excluding hydrogens is 246 g/mol. The number of piperidine rings is 1. The first-order chi connectivity index (χ1) is 9.68. The number of carbonyl (C=O) groups excluding carboxylic acids is 1. The molecule has 1 saturated heterocycles. The van der Waals surface area contributed by atoms with Gasteiger partial charge >= 0.3 is 0 Å². The van der Waals surface area contributed by atoms with Crippen molar-refractivity contribution in [3.63, 3.8) is 0 Å². The fraction of sp³-hybridized carbons (Fsp3) is 0.944. The summed E-state index contributed by atoms with van der Waals surface area (Å²) in [4.78, 5) is 11.7. The Labute approximate surface area is 123 Å². The Morgan fingerprint density at radius 3 is 2.80 bits per heavy atom. The highest BCUT2D eigenvalue weighted by Crippen LogP contribution is 2.60. The summed E-state index contributed by atoms with van der Waals surface area (Å²) in [7, 11) is 0. The van der Waals surface area contributed by atoms with Crippen molar-refractivity contribution in [3.8, 4) is 0 Å². The summed E-state index contributed by atoms with van der Waals surface area (Å²) >= 11 is 0. The largest absolute Gasteiger partial charge is 0.353 e. The van der Waals surface area contributed by atoms with Crippen LogP contribution in [-0.4, -0.2) is 11.9 Å². The van der Waals surface area contributed by atoms with Gasteiger partial charge in [-0.15, -0.1) is 0 Å². The maximum atomic E-state index is 11.7. The molecule has 6 atom stereocenters. The van der Waals surface area contributed by atoms with Crippen molar-refractivity contribution in [2.45, 2.75) is 77.2 Å². The van der Waals surface area contributed by atoms with Gasteiger partial charge in [0.15, 0.2) is 0 Å². The highest BCUT2D eigenvalue weighted by atomic mass is 16.1. The van der Waals surface area contributed by atoms with Gasteiger partial charge in [-0.2, -0.15) is 0 Å². The predicted octanol–water partition coefficient (Wildman–Crippen LogP) is 3.90. The van der Waals surface area contributed by atoms with Crippen LogP contribution in [0.3, 0.4) is 0 Å². The van der Waals surface area contributed by atoms with Crippen molar-refractivity contribution in [3.05, 3.63) is 0 Å². The van der Waals surface area contributed by atoms with E-state index < -0.39 is 0 Å². The zero-order valence-corrected chi connectivity index (χ0v) is 12.9. The average Bonchev–Trinajstić information content (AvgIpc) is 2.45. The standard InChI is InChI=1S/C18H29NO/c1-18-11-3-2-4-12(18)5-6-13-14-7-10-17(20)19-16(14)9-8-15(13)18/h12-16H,2-11H2,1H3,(H,19,20)/t12-,13+,14+,15+,16+,18+/m0/s1. The zero-order chi connectivity index (χ0) is 13.7. The summed E-state index contributed by atoms with van der Waals surface area (Å²) in [5, 5.41) is 3.30. The molecule has 4 fully saturated rings. The number of amides is 1. The van der Waals surface area contributed by atoms with Crippen LogP contribution >= 0.6 is 0 Å². The topological polar surface area (TPSA) is 29.1 Å². The number of hydrogen-bond acceptors (Lipinski definition) is 1. The van der Waals surface area contributed by atoms with E-state index in [-0.39, 0.29) is 0 Å². The smallest absolute Gasteiger partial charge is 0.220 e. The summed E-state index contributed by atoms with van der Waals surface area (Å²) in [5.74, 6) is 3.98.